The summed E-state index contributed by atoms with van der Waals surface area (Å²) >= 11 is 0. The van der Waals surface area contributed by atoms with Crippen molar-refractivity contribution >= 4 is 11.8 Å². The predicted octanol–water partition coefficient (Wildman–Crippen LogP) is 1.84. The molecular formula is C20H32N4O3. The molecule has 1 aromatic heterocycles. The minimum atomic E-state index is 0.0500. The molecule has 7 nitrogen and oxygen atoms in total. The van der Waals surface area contributed by atoms with Crippen molar-refractivity contribution in [2.45, 2.75) is 52.4 Å². The molecule has 2 saturated heterocycles. The number of hydrogen-bond donors (Lipinski definition) is 1. The maximum absolute atomic E-state index is 12.8. The summed E-state index contributed by atoms with van der Waals surface area (Å²) in [5, 5.41) is 7.30. The second-order valence-corrected chi connectivity index (χ2v) is 8.15. The van der Waals surface area contributed by atoms with Crippen molar-refractivity contribution in [1.82, 2.24) is 20.0 Å². The smallest absolute Gasteiger partial charge is 0.222 e. The van der Waals surface area contributed by atoms with Gasteiger partial charge in [-0.15, -0.1) is 0 Å². The van der Waals surface area contributed by atoms with E-state index in [4.69, 9.17) is 4.74 Å². The Morgan fingerprint density at radius 1 is 1.30 bits per heavy atom. The zero-order valence-corrected chi connectivity index (χ0v) is 16.8. The van der Waals surface area contributed by atoms with Crippen molar-refractivity contribution in [2.75, 3.05) is 39.9 Å². The summed E-state index contributed by atoms with van der Waals surface area (Å²) in [6.07, 6.45) is 4.74. The molecule has 1 spiro atoms. The lowest BCUT2D eigenvalue weighted by Gasteiger charge is -2.48. The Bertz CT molecular complexity index is 687. The summed E-state index contributed by atoms with van der Waals surface area (Å²) in [4.78, 5) is 29.0. The number of nitrogens with zero attached hydrogens (tertiary/aromatic N) is 3. The fourth-order valence-electron chi connectivity index (χ4n) is 4.42. The van der Waals surface area contributed by atoms with Gasteiger partial charge in [-0.05, 0) is 38.7 Å². The molecular weight excluding hydrogens is 344 g/mol. The number of ether oxygens (including phenoxy) is 1. The van der Waals surface area contributed by atoms with Crippen LogP contribution in [0.3, 0.4) is 0 Å². The summed E-state index contributed by atoms with van der Waals surface area (Å²) in [5.41, 5.74) is 3.26. The molecule has 7 heteroatoms. The van der Waals surface area contributed by atoms with Crippen molar-refractivity contribution in [3.63, 3.8) is 0 Å². The van der Waals surface area contributed by atoms with Crippen molar-refractivity contribution in [2.24, 2.45) is 5.41 Å². The van der Waals surface area contributed by atoms with E-state index < -0.39 is 0 Å². The number of amides is 2. The van der Waals surface area contributed by atoms with E-state index in [1.807, 2.05) is 23.6 Å². The number of aromatic amines is 1. The van der Waals surface area contributed by atoms with Gasteiger partial charge in [-0.3, -0.25) is 14.7 Å². The summed E-state index contributed by atoms with van der Waals surface area (Å²) in [7, 11) is 1.66. The molecule has 1 atom stereocenters. The zero-order valence-electron chi connectivity index (χ0n) is 16.8. The Kier molecular flexibility index (Phi) is 6.19. The standard InChI is InChI=1S/C20H32N4O3/c1-15-16(2)21-22-17(15)5-6-18(25)23-10-4-8-20(13-23)9-7-19(26)24(14-20)11-12-27-3/h4-14H2,1-3H3,(H,21,22)/t20-/m0/s1. The molecule has 150 valence electrons. The van der Waals surface area contributed by atoms with Crippen LogP contribution in [0.4, 0.5) is 0 Å². The third kappa shape index (κ3) is 4.51. The van der Waals surface area contributed by atoms with Gasteiger partial charge in [0.05, 0.1) is 12.3 Å². The molecule has 0 aliphatic carbocycles. The maximum atomic E-state index is 12.8. The van der Waals surface area contributed by atoms with E-state index in [2.05, 4.69) is 10.2 Å². The second kappa shape index (κ2) is 8.42. The molecule has 0 saturated carbocycles. The van der Waals surface area contributed by atoms with Crippen LogP contribution >= 0.6 is 0 Å². The predicted molar refractivity (Wildman–Crippen MR) is 102 cm³/mol. The van der Waals surface area contributed by atoms with Crippen molar-refractivity contribution in [1.29, 1.82) is 0 Å². The van der Waals surface area contributed by atoms with E-state index in [9.17, 15) is 9.59 Å². The third-order valence-corrected chi connectivity index (χ3v) is 6.26. The molecule has 27 heavy (non-hydrogen) atoms. The first-order valence-electron chi connectivity index (χ1n) is 9.99. The molecule has 0 unspecified atom stereocenters. The van der Waals surface area contributed by atoms with E-state index in [1.54, 1.807) is 7.11 Å². The van der Waals surface area contributed by atoms with Gasteiger partial charge < -0.3 is 14.5 Å². The molecule has 2 fully saturated rings. The topological polar surface area (TPSA) is 78.5 Å². The van der Waals surface area contributed by atoms with E-state index in [0.29, 0.717) is 32.4 Å². The summed E-state index contributed by atoms with van der Waals surface area (Å²) in [6, 6.07) is 0. The monoisotopic (exact) mass is 376 g/mol. The number of rotatable bonds is 6. The highest BCUT2D eigenvalue weighted by molar-refractivity contribution is 5.78. The normalized spacial score (nSPS) is 23.3. The maximum Gasteiger partial charge on any atom is 0.222 e. The van der Waals surface area contributed by atoms with Gasteiger partial charge in [0.25, 0.3) is 0 Å². The Labute approximate surface area is 161 Å². The van der Waals surface area contributed by atoms with Crippen LogP contribution in [-0.2, 0) is 20.7 Å². The van der Waals surface area contributed by atoms with Crippen LogP contribution in [-0.4, -0.2) is 71.7 Å². The van der Waals surface area contributed by atoms with Crippen molar-refractivity contribution in [3.8, 4) is 0 Å². The summed E-state index contributed by atoms with van der Waals surface area (Å²) in [5.74, 6) is 0.417. The third-order valence-electron chi connectivity index (χ3n) is 6.26. The van der Waals surface area contributed by atoms with E-state index in [0.717, 1.165) is 55.8 Å². The summed E-state index contributed by atoms with van der Waals surface area (Å²) in [6.45, 7) is 7.59. The van der Waals surface area contributed by atoms with Gasteiger partial charge in [-0.25, -0.2) is 0 Å². The minimum absolute atomic E-state index is 0.0500. The SMILES string of the molecule is COCCN1C[C@@]2(CCCN(C(=O)CCc3n[nH]c(C)c3C)C2)CCC1=O. The fraction of sp³-hybridized carbons (Fsp3) is 0.750. The number of carbonyl (C=O) groups is 2. The average molecular weight is 377 g/mol. The van der Waals surface area contributed by atoms with Gasteiger partial charge in [0.2, 0.25) is 11.8 Å². The highest BCUT2D eigenvalue weighted by atomic mass is 16.5. The summed E-state index contributed by atoms with van der Waals surface area (Å²) < 4.78 is 5.15. The molecule has 2 aliphatic heterocycles. The van der Waals surface area contributed by atoms with Crippen LogP contribution in [0.5, 0.6) is 0 Å². The number of likely N-dealkylation sites (tertiary alicyclic amines) is 2. The van der Waals surface area contributed by atoms with E-state index in [1.165, 1.54) is 0 Å². The largest absolute Gasteiger partial charge is 0.383 e. The Morgan fingerprint density at radius 2 is 2.11 bits per heavy atom. The Balaban J connectivity index is 1.58. The number of nitrogens with one attached hydrogen (secondary N) is 1. The van der Waals surface area contributed by atoms with E-state index in [-0.39, 0.29) is 17.2 Å². The van der Waals surface area contributed by atoms with E-state index >= 15 is 0 Å². The zero-order chi connectivity index (χ0) is 19.4. The number of aromatic nitrogens is 2. The minimum Gasteiger partial charge on any atom is -0.383 e. The first-order valence-corrected chi connectivity index (χ1v) is 9.99. The van der Waals surface area contributed by atoms with Crippen LogP contribution < -0.4 is 0 Å². The molecule has 0 bridgehead atoms. The number of H-pyrrole nitrogens is 1. The lowest BCUT2D eigenvalue weighted by atomic mass is 9.73. The highest BCUT2D eigenvalue weighted by Crippen LogP contribution is 2.39. The van der Waals surface area contributed by atoms with Gasteiger partial charge in [0.1, 0.15) is 0 Å². The van der Waals surface area contributed by atoms with Crippen molar-refractivity contribution < 1.29 is 14.3 Å². The molecule has 1 N–H and O–H groups in total. The molecule has 3 heterocycles. The highest BCUT2D eigenvalue weighted by Gasteiger charge is 2.42. The van der Waals surface area contributed by atoms with Crippen LogP contribution in [0.1, 0.15) is 49.1 Å². The first kappa shape index (κ1) is 19.9. The van der Waals surface area contributed by atoms with Gasteiger partial charge in [-0.1, -0.05) is 0 Å². The molecule has 2 aliphatic rings. The number of carbonyl (C=O) groups excluding carboxylic acids is 2. The lowest BCUT2D eigenvalue weighted by Crippen LogP contribution is -2.55. The Morgan fingerprint density at radius 3 is 2.81 bits per heavy atom. The number of hydrogen-bond acceptors (Lipinski definition) is 4. The Hall–Kier alpha value is -1.89. The first-order chi connectivity index (χ1) is 12.9. The van der Waals surface area contributed by atoms with Gasteiger partial charge in [-0.2, -0.15) is 5.10 Å². The average Bonchev–Trinajstić information content (AvgIpc) is 2.99. The number of methoxy groups -OCH3 is 1. The van der Waals surface area contributed by atoms with Crippen LogP contribution in [0.15, 0.2) is 0 Å². The van der Waals surface area contributed by atoms with Gasteiger partial charge in [0, 0.05) is 63.7 Å². The molecule has 0 aromatic carbocycles. The molecule has 2 amide bonds. The van der Waals surface area contributed by atoms with Crippen molar-refractivity contribution in [3.05, 3.63) is 17.0 Å². The fourth-order valence-corrected chi connectivity index (χ4v) is 4.42. The van der Waals surface area contributed by atoms with Gasteiger partial charge >= 0.3 is 0 Å². The number of piperidine rings is 2. The second-order valence-electron chi connectivity index (χ2n) is 8.15. The molecule has 0 radical (unpaired) electrons. The van der Waals surface area contributed by atoms with Crippen LogP contribution in [0.25, 0.3) is 0 Å². The molecule has 1 aromatic rings. The number of aryl methyl sites for hydroxylation is 2. The quantitative estimate of drug-likeness (QED) is 0.822. The van der Waals surface area contributed by atoms with Crippen LogP contribution in [0, 0.1) is 19.3 Å². The van der Waals surface area contributed by atoms with Crippen LogP contribution in [0.2, 0.25) is 0 Å². The lowest BCUT2D eigenvalue weighted by molar-refractivity contribution is -0.143. The molecule has 3 rings (SSSR count). The van der Waals surface area contributed by atoms with Gasteiger partial charge in [0.15, 0.2) is 0 Å².